The lowest BCUT2D eigenvalue weighted by atomic mass is 10.0. The number of aliphatic hydroxyl groups is 1. The number of rotatable bonds is 2. The van der Waals surface area contributed by atoms with Crippen LogP contribution in [0.1, 0.15) is 5.56 Å². The van der Waals surface area contributed by atoms with Gasteiger partial charge in [0.25, 0.3) is 5.78 Å². The average molecular weight is 328 g/mol. The third kappa shape index (κ3) is 2.14. The van der Waals surface area contributed by atoms with E-state index in [0.717, 1.165) is 38.6 Å². The van der Waals surface area contributed by atoms with E-state index in [0.29, 0.717) is 5.78 Å². The maximum absolute atomic E-state index is 9.50. The van der Waals surface area contributed by atoms with Crippen LogP contribution in [0, 0.1) is 0 Å². The standard InChI is InChI=1S/C18H12N6O/c25-10-11-3-6-16-14(8-11)17(20-18-21-22-23-24(16)18)13-4-5-15-12(9-13)2-1-7-19-15/h1-9,25H,10H2. The first kappa shape index (κ1) is 13.9. The van der Waals surface area contributed by atoms with Crippen molar-refractivity contribution in [3.8, 4) is 11.3 Å². The lowest BCUT2D eigenvalue weighted by molar-refractivity contribution is 0.282. The molecule has 0 aliphatic carbocycles. The largest absolute Gasteiger partial charge is 0.392 e. The highest BCUT2D eigenvalue weighted by Gasteiger charge is 2.13. The first-order valence-corrected chi connectivity index (χ1v) is 7.80. The summed E-state index contributed by atoms with van der Waals surface area (Å²) in [5, 5.41) is 23.1. The molecular weight excluding hydrogens is 316 g/mol. The highest BCUT2D eigenvalue weighted by atomic mass is 16.3. The quantitative estimate of drug-likeness (QED) is 0.535. The van der Waals surface area contributed by atoms with Crippen LogP contribution in [0.3, 0.4) is 0 Å². The number of hydrogen-bond donors (Lipinski definition) is 1. The van der Waals surface area contributed by atoms with Crippen LogP contribution >= 0.6 is 0 Å². The Kier molecular flexibility index (Phi) is 2.95. The Morgan fingerprint density at radius 2 is 2.00 bits per heavy atom. The van der Waals surface area contributed by atoms with Crippen LogP contribution in [0.15, 0.2) is 54.7 Å². The lowest BCUT2D eigenvalue weighted by Crippen LogP contribution is -1.98. The van der Waals surface area contributed by atoms with Crippen LogP contribution in [0.4, 0.5) is 0 Å². The van der Waals surface area contributed by atoms with Crippen molar-refractivity contribution in [3.63, 3.8) is 0 Å². The predicted molar refractivity (Wildman–Crippen MR) is 92.7 cm³/mol. The summed E-state index contributed by atoms with van der Waals surface area (Å²) < 4.78 is 1.60. The van der Waals surface area contributed by atoms with Crippen LogP contribution in [-0.4, -0.2) is 35.1 Å². The van der Waals surface area contributed by atoms with Gasteiger partial charge >= 0.3 is 0 Å². The molecule has 0 amide bonds. The Hall–Kier alpha value is -3.45. The first-order valence-electron chi connectivity index (χ1n) is 7.80. The number of nitrogens with zero attached hydrogens (tertiary/aromatic N) is 6. The van der Waals surface area contributed by atoms with Crippen molar-refractivity contribution in [2.45, 2.75) is 6.61 Å². The minimum atomic E-state index is -0.0370. The Balaban J connectivity index is 1.88. The normalized spacial score (nSPS) is 11.6. The highest BCUT2D eigenvalue weighted by Crippen LogP contribution is 2.30. The van der Waals surface area contributed by atoms with Crippen molar-refractivity contribution < 1.29 is 5.11 Å². The Morgan fingerprint density at radius 1 is 1.04 bits per heavy atom. The second-order valence-electron chi connectivity index (χ2n) is 5.77. The second-order valence-corrected chi connectivity index (χ2v) is 5.77. The Labute approximate surface area is 141 Å². The molecule has 0 aliphatic rings. The number of aliphatic hydroxyl groups excluding tert-OH is 1. The Bertz CT molecular complexity index is 1250. The van der Waals surface area contributed by atoms with E-state index in [1.807, 2.05) is 42.5 Å². The van der Waals surface area contributed by atoms with Crippen LogP contribution < -0.4 is 0 Å². The van der Waals surface area contributed by atoms with Gasteiger partial charge in [-0.1, -0.05) is 23.3 Å². The van der Waals surface area contributed by atoms with E-state index in [2.05, 4.69) is 31.6 Å². The molecule has 1 N–H and O–H groups in total. The van der Waals surface area contributed by atoms with Gasteiger partial charge in [-0.25, -0.2) is 4.98 Å². The summed E-state index contributed by atoms with van der Waals surface area (Å²) in [6.07, 6.45) is 1.77. The number of fused-ring (bicyclic) bond motifs is 4. The van der Waals surface area contributed by atoms with Gasteiger partial charge in [0.05, 0.1) is 23.3 Å². The fraction of sp³-hybridized carbons (Fsp3) is 0.0556. The molecule has 0 aliphatic heterocycles. The lowest BCUT2D eigenvalue weighted by Gasteiger charge is -2.09. The maximum Gasteiger partial charge on any atom is 0.274 e. The molecule has 0 fully saturated rings. The number of tetrazole rings is 1. The molecule has 7 heteroatoms. The maximum atomic E-state index is 9.50. The van der Waals surface area contributed by atoms with Gasteiger partial charge in [0, 0.05) is 22.5 Å². The van der Waals surface area contributed by atoms with Crippen LogP contribution in [0.5, 0.6) is 0 Å². The van der Waals surface area contributed by atoms with Gasteiger partial charge < -0.3 is 5.11 Å². The summed E-state index contributed by atoms with van der Waals surface area (Å²) in [6, 6.07) is 15.6. The molecule has 2 aromatic carbocycles. The SMILES string of the molecule is OCc1ccc2c(c1)c(-c1ccc3ncccc3c1)nc1nnnn12. The molecule has 7 nitrogen and oxygen atoms in total. The molecule has 0 atom stereocenters. The summed E-state index contributed by atoms with van der Waals surface area (Å²) >= 11 is 0. The summed E-state index contributed by atoms with van der Waals surface area (Å²) in [6.45, 7) is -0.0370. The molecular formula is C18H12N6O. The molecule has 0 spiro atoms. The van der Waals surface area contributed by atoms with Gasteiger partial charge in [-0.05, 0) is 46.3 Å². The van der Waals surface area contributed by atoms with Gasteiger partial charge in [0.2, 0.25) is 0 Å². The van der Waals surface area contributed by atoms with E-state index in [-0.39, 0.29) is 6.61 Å². The second kappa shape index (κ2) is 5.29. The van der Waals surface area contributed by atoms with Crippen molar-refractivity contribution in [2.24, 2.45) is 0 Å². The van der Waals surface area contributed by atoms with E-state index >= 15 is 0 Å². The zero-order valence-electron chi connectivity index (χ0n) is 13.0. The fourth-order valence-electron chi connectivity index (χ4n) is 3.07. The predicted octanol–water partition coefficient (Wildman–Crippen LogP) is 2.38. The van der Waals surface area contributed by atoms with Gasteiger partial charge in [-0.2, -0.15) is 4.52 Å². The zero-order chi connectivity index (χ0) is 16.8. The number of aromatic nitrogens is 6. The number of benzene rings is 2. The Morgan fingerprint density at radius 3 is 2.92 bits per heavy atom. The summed E-state index contributed by atoms with van der Waals surface area (Å²) in [5.41, 5.74) is 4.31. The van der Waals surface area contributed by atoms with Crippen molar-refractivity contribution in [1.82, 2.24) is 30.0 Å². The molecule has 5 aromatic rings. The van der Waals surface area contributed by atoms with E-state index in [4.69, 9.17) is 0 Å². The van der Waals surface area contributed by atoms with Crippen molar-refractivity contribution >= 4 is 27.6 Å². The van der Waals surface area contributed by atoms with Gasteiger partial charge in [-0.15, -0.1) is 0 Å². The molecule has 0 saturated carbocycles. The van der Waals surface area contributed by atoms with E-state index < -0.39 is 0 Å². The minimum Gasteiger partial charge on any atom is -0.392 e. The summed E-state index contributed by atoms with van der Waals surface area (Å²) in [4.78, 5) is 9.00. The van der Waals surface area contributed by atoms with E-state index in [1.54, 1.807) is 10.7 Å². The molecule has 0 saturated heterocycles. The molecule has 0 radical (unpaired) electrons. The van der Waals surface area contributed by atoms with Crippen LogP contribution in [0.2, 0.25) is 0 Å². The minimum absolute atomic E-state index is 0.0370. The fourth-order valence-corrected chi connectivity index (χ4v) is 3.07. The van der Waals surface area contributed by atoms with Crippen molar-refractivity contribution in [2.75, 3.05) is 0 Å². The smallest absolute Gasteiger partial charge is 0.274 e. The first-order chi connectivity index (χ1) is 12.3. The number of hydrogen-bond acceptors (Lipinski definition) is 6. The third-order valence-corrected chi connectivity index (χ3v) is 4.27. The molecule has 5 rings (SSSR count). The van der Waals surface area contributed by atoms with Crippen molar-refractivity contribution in [3.05, 3.63) is 60.3 Å². The summed E-state index contributed by atoms with van der Waals surface area (Å²) in [5.74, 6) is 0.436. The number of pyridine rings is 1. The molecule has 0 unspecified atom stereocenters. The third-order valence-electron chi connectivity index (χ3n) is 4.27. The average Bonchev–Trinajstić information content (AvgIpc) is 3.15. The highest BCUT2D eigenvalue weighted by molar-refractivity contribution is 5.96. The monoisotopic (exact) mass is 328 g/mol. The molecule has 3 aromatic heterocycles. The molecule has 0 bridgehead atoms. The van der Waals surface area contributed by atoms with Gasteiger partial charge in [0.1, 0.15) is 0 Å². The van der Waals surface area contributed by atoms with Gasteiger partial charge in [0.15, 0.2) is 0 Å². The molecule has 120 valence electrons. The van der Waals surface area contributed by atoms with Gasteiger partial charge in [-0.3, -0.25) is 4.98 Å². The zero-order valence-corrected chi connectivity index (χ0v) is 13.0. The molecule has 25 heavy (non-hydrogen) atoms. The van der Waals surface area contributed by atoms with Crippen LogP contribution in [0.25, 0.3) is 38.8 Å². The van der Waals surface area contributed by atoms with Crippen LogP contribution in [-0.2, 0) is 6.61 Å². The van der Waals surface area contributed by atoms with Crippen molar-refractivity contribution in [1.29, 1.82) is 0 Å². The topological polar surface area (TPSA) is 89.1 Å². The van der Waals surface area contributed by atoms with E-state index in [1.165, 1.54) is 0 Å². The summed E-state index contributed by atoms with van der Waals surface area (Å²) in [7, 11) is 0. The van der Waals surface area contributed by atoms with E-state index in [9.17, 15) is 5.11 Å². The molecule has 3 heterocycles.